The standard InChI is InChI=1S/C20H30N2O2.ClH/c1-15(18-13-21-14-18)20(23)22-11-9-17(10-12-22)4-3-16-5-7-19(24-2)8-6-16;/h5-8,15,17-18,21H,3-4,9-14H2,1-2H3;1H. The summed E-state index contributed by atoms with van der Waals surface area (Å²) >= 11 is 0. The van der Waals surface area contributed by atoms with Crippen LogP contribution in [-0.2, 0) is 11.2 Å². The first-order chi connectivity index (χ1) is 11.7. The van der Waals surface area contributed by atoms with Gasteiger partial charge >= 0.3 is 0 Å². The largest absolute Gasteiger partial charge is 0.497 e. The summed E-state index contributed by atoms with van der Waals surface area (Å²) in [5, 5.41) is 3.27. The van der Waals surface area contributed by atoms with Gasteiger partial charge in [-0.15, -0.1) is 12.4 Å². The summed E-state index contributed by atoms with van der Waals surface area (Å²) in [5.74, 6) is 2.76. The molecule has 140 valence electrons. The fourth-order valence-corrected chi connectivity index (χ4v) is 3.76. The van der Waals surface area contributed by atoms with Gasteiger partial charge in [0.25, 0.3) is 0 Å². The molecule has 1 N–H and O–H groups in total. The third kappa shape index (κ3) is 5.11. The Kier molecular flexibility index (Phi) is 7.57. The highest BCUT2D eigenvalue weighted by Crippen LogP contribution is 2.26. The maximum atomic E-state index is 12.6. The number of likely N-dealkylation sites (tertiary alicyclic amines) is 1. The average molecular weight is 367 g/mol. The molecule has 0 saturated carbocycles. The predicted molar refractivity (Wildman–Crippen MR) is 103 cm³/mol. The maximum absolute atomic E-state index is 12.6. The number of hydrogen-bond acceptors (Lipinski definition) is 3. The van der Waals surface area contributed by atoms with E-state index in [0.29, 0.717) is 11.8 Å². The molecular formula is C20H31ClN2O2. The SMILES string of the molecule is COc1ccc(CCC2CCN(C(=O)C(C)C3CNC3)CC2)cc1.Cl. The summed E-state index contributed by atoms with van der Waals surface area (Å²) < 4.78 is 5.20. The van der Waals surface area contributed by atoms with Crippen LogP contribution in [0.25, 0.3) is 0 Å². The molecule has 4 nitrogen and oxygen atoms in total. The molecule has 0 bridgehead atoms. The molecule has 0 spiro atoms. The Morgan fingerprint density at radius 2 is 1.88 bits per heavy atom. The number of nitrogens with zero attached hydrogens (tertiary/aromatic N) is 1. The predicted octanol–water partition coefficient (Wildman–Crippen LogP) is 3.14. The summed E-state index contributed by atoms with van der Waals surface area (Å²) in [7, 11) is 1.70. The Labute approximate surface area is 157 Å². The van der Waals surface area contributed by atoms with Crippen LogP contribution in [-0.4, -0.2) is 44.1 Å². The van der Waals surface area contributed by atoms with Gasteiger partial charge in [-0.25, -0.2) is 0 Å². The Bertz CT molecular complexity index is 537. The zero-order valence-electron chi connectivity index (χ0n) is 15.4. The molecule has 2 aliphatic heterocycles. The zero-order valence-corrected chi connectivity index (χ0v) is 16.2. The first kappa shape index (κ1) is 20.1. The molecule has 5 heteroatoms. The number of aryl methyl sites for hydroxylation is 1. The van der Waals surface area contributed by atoms with Gasteiger partial charge in [0.05, 0.1) is 7.11 Å². The van der Waals surface area contributed by atoms with Crippen LogP contribution >= 0.6 is 12.4 Å². The summed E-state index contributed by atoms with van der Waals surface area (Å²) in [6, 6.07) is 8.39. The van der Waals surface area contributed by atoms with Crippen molar-refractivity contribution < 1.29 is 9.53 Å². The highest BCUT2D eigenvalue weighted by Gasteiger charge is 2.33. The van der Waals surface area contributed by atoms with Crippen molar-refractivity contribution in [2.45, 2.75) is 32.6 Å². The van der Waals surface area contributed by atoms with Gasteiger partial charge in [0.15, 0.2) is 0 Å². The highest BCUT2D eigenvalue weighted by atomic mass is 35.5. The van der Waals surface area contributed by atoms with Crippen LogP contribution in [0.3, 0.4) is 0 Å². The van der Waals surface area contributed by atoms with Gasteiger partial charge in [-0.05, 0) is 68.3 Å². The van der Waals surface area contributed by atoms with E-state index in [1.807, 2.05) is 12.1 Å². The van der Waals surface area contributed by atoms with Crippen molar-refractivity contribution in [3.8, 4) is 5.75 Å². The lowest BCUT2D eigenvalue weighted by atomic mass is 9.86. The molecule has 1 atom stereocenters. The second-order valence-electron chi connectivity index (χ2n) is 7.36. The monoisotopic (exact) mass is 366 g/mol. The van der Waals surface area contributed by atoms with Crippen molar-refractivity contribution in [3.05, 3.63) is 29.8 Å². The van der Waals surface area contributed by atoms with Crippen molar-refractivity contribution in [2.24, 2.45) is 17.8 Å². The normalized spacial score (nSPS) is 19.7. The second kappa shape index (κ2) is 9.44. The lowest BCUT2D eigenvalue weighted by Gasteiger charge is -2.38. The lowest BCUT2D eigenvalue weighted by Crippen LogP contribution is -2.51. The molecule has 0 radical (unpaired) electrons. The molecule has 0 aliphatic carbocycles. The minimum absolute atomic E-state index is 0. The topological polar surface area (TPSA) is 41.6 Å². The van der Waals surface area contributed by atoms with Gasteiger partial charge in [-0.3, -0.25) is 4.79 Å². The molecule has 0 aromatic heterocycles. The van der Waals surface area contributed by atoms with Crippen LogP contribution in [0.4, 0.5) is 0 Å². The highest BCUT2D eigenvalue weighted by molar-refractivity contribution is 5.85. The van der Waals surface area contributed by atoms with Crippen LogP contribution in [0.1, 0.15) is 31.7 Å². The first-order valence-corrected chi connectivity index (χ1v) is 9.30. The number of amides is 1. The average Bonchev–Trinajstić information content (AvgIpc) is 2.58. The number of ether oxygens (including phenoxy) is 1. The Morgan fingerprint density at radius 3 is 2.40 bits per heavy atom. The van der Waals surface area contributed by atoms with Crippen molar-refractivity contribution >= 4 is 18.3 Å². The van der Waals surface area contributed by atoms with Crippen molar-refractivity contribution in [2.75, 3.05) is 33.3 Å². The summed E-state index contributed by atoms with van der Waals surface area (Å²) in [6.45, 7) is 5.99. The molecule has 1 unspecified atom stereocenters. The summed E-state index contributed by atoms with van der Waals surface area (Å²) in [4.78, 5) is 14.7. The summed E-state index contributed by atoms with van der Waals surface area (Å²) in [6.07, 6.45) is 4.64. The van der Waals surface area contributed by atoms with E-state index in [1.54, 1.807) is 7.11 Å². The van der Waals surface area contributed by atoms with E-state index in [2.05, 4.69) is 29.3 Å². The fraction of sp³-hybridized carbons (Fsp3) is 0.650. The molecule has 2 aliphatic rings. The molecule has 25 heavy (non-hydrogen) atoms. The molecule has 1 aromatic carbocycles. The molecular weight excluding hydrogens is 336 g/mol. The van der Waals surface area contributed by atoms with E-state index in [-0.39, 0.29) is 18.3 Å². The van der Waals surface area contributed by atoms with E-state index < -0.39 is 0 Å². The van der Waals surface area contributed by atoms with Gasteiger partial charge in [0, 0.05) is 19.0 Å². The summed E-state index contributed by atoms with van der Waals surface area (Å²) in [5.41, 5.74) is 1.38. The van der Waals surface area contributed by atoms with Gasteiger partial charge in [0.2, 0.25) is 5.91 Å². The van der Waals surface area contributed by atoms with E-state index in [4.69, 9.17) is 4.74 Å². The Morgan fingerprint density at radius 1 is 1.24 bits per heavy atom. The minimum atomic E-state index is 0. The number of rotatable bonds is 6. The molecule has 1 amide bonds. The van der Waals surface area contributed by atoms with Crippen molar-refractivity contribution in [1.29, 1.82) is 0 Å². The molecule has 2 saturated heterocycles. The number of carbonyl (C=O) groups is 1. The number of methoxy groups -OCH3 is 1. The molecule has 3 rings (SSSR count). The minimum Gasteiger partial charge on any atom is -0.497 e. The van der Waals surface area contributed by atoms with Gasteiger partial charge < -0.3 is 15.0 Å². The van der Waals surface area contributed by atoms with Crippen LogP contribution in [0.5, 0.6) is 5.75 Å². The van der Waals surface area contributed by atoms with Gasteiger partial charge in [-0.2, -0.15) is 0 Å². The maximum Gasteiger partial charge on any atom is 0.225 e. The Hall–Kier alpha value is -1.26. The fourth-order valence-electron chi connectivity index (χ4n) is 3.76. The van der Waals surface area contributed by atoms with Crippen LogP contribution < -0.4 is 10.1 Å². The quantitative estimate of drug-likeness (QED) is 0.840. The van der Waals surface area contributed by atoms with E-state index in [0.717, 1.165) is 57.1 Å². The number of piperidine rings is 1. The number of carbonyl (C=O) groups excluding carboxylic acids is 1. The van der Waals surface area contributed by atoms with Gasteiger partial charge in [0.1, 0.15) is 5.75 Å². The number of hydrogen-bond donors (Lipinski definition) is 1. The third-order valence-electron chi connectivity index (χ3n) is 5.84. The van der Waals surface area contributed by atoms with E-state index in [9.17, 15) is 4.79 Å². The third-order valence-corrected chi connectivity index (χ3v) is 5.84. The molecule has 2 fully saturated rings. The zero-order chi connectivity index (χ0) is 16.9. The van der Waals surface area contributed by atoms with Crippen LogP contribution in [0.2, 0.25) is 0 Å². The second-order valence-corrected chi connectivity index (χ2v) is 7.36. The Balaban J connectivity index is 0.00000225. The van der Waals surface area contributed by atoms with Crippen LogP contribution in [0.15, 0.2) is 24.3 Å². The van der Waals surface area contributed by atoms with E-state index in [1.165, 1.54) is 12.0 Å². The van der Waals surface area contributed by atoms with Crippen molar-refractivity contribution in [3.63, 3.8) is 0 Å². The lowest BCUT2D eigenvalue weighted by molar-refractivity contribution is -0.138. The first-order valence-electron chi connectivity index (χ1n) is 9.30. The number of benzene rings is 1. The van der Waals surface area contributed by atoms with Crippen molar-refractivity contribution in [1.82, 2.24) is 10.2 Å². The van der Waals surface area contributed by atoms with Crippen LogP contribution in [0, 0.1) is 17.8 Å². The van der Waals surface area contributed by atoms with Gasteiger partial charge in [-0.1, -0.05) is 19.1 Å². The molecule has 1 aromatic rings. The van der Waals surface area contributed by atoms with E-state index >= 15 is 0 Å². The number of nitrogens with one attached hydrogen (secondary N) is 1. The molecule has 2 heterocycles. The smallest absolute Gasteiger partial charge is 0.225 e. The number of halogens is 1.